The molecule has 2 unspecified atom stereocenters. The second kappa shape index (κ2) is 6.61. The van der Waals surface area contributed by atoms with Crippen molar-refractivity contribution < 1.29 is 23.7 Å². The van der Waals surface area contributed by atoms with Gasteiger partial charge >= 0.3 is 20.5 Å². The second-order valence-electron chi connectivity index (χ2n) is 4.83. The molecule has 0 aromatic heterocycles. The summed E-state index contributed by atoms with van der Waals surface area (Å²) < 4.78 is 10.2. The van der Waals surface area contributed by atoms with Crippen LogP contribution in [0.3, 0.4) is 0 Å². The quantitative estimate of drug-likeness (QED) is 0.500. The molecule has 7 nitrogen and oxygen atoms in total. The third kappa shape index (κ3) is 3.63. The van der Waals surface area contributed by atoms with Gasteiger partial charge < -0.3 is 19.9 Å². The average molecular weight is 290 g/mol. The van der Waals surface area contributed by atoms with Gasteiger partial charge in [-0.05, 0) is 19.3 Å². The average Bonchev–Trinajstić information content (AvgIpc) is 2.37. The van der Waals surface area contributed by atoms with Gasteiger partial charge in [0.05, 0.1) is 0 Å². The summed E-state index contributed by atoms with van der Waals surface area (Å²) in [6, 6.07) is -0.00123. The molecule has 1 aliphatic heterocycles. The molecule has 19 heavy (non-hydrogen) atoms. The molecule has 2 fully saturated rings. The van der Waals surface area contributed by atoms with Crippen molar-refractivity contribution in [3.63, 3.8) is 0 Å². The Hall–Kier alpha value is -0.750. The monoisotopic (exact) mass is 290 g/mol. The number of nitrogens with two attached hydrogens (primary N) is 1. The maximum atomic E-state index is 11.6. The summed E-state index contributed by atoms with van der Waals surface area (Å²) in [5.74, 6) is -2.27. The number of hydrogen-bond donors (Lipinski definition) is 3. The van der Waals surface area contributed by atoms with Gasteiger partial charge in [0.1, 0.15) is 0 Å². The largest absolute Gasteiger partial charge is 0.396 e. The molecule has 0 amide bonds. The first-order valence-electron chi connectivity index (χ1n) is 6.48. The van der Waals surface area contributed by atoms with Gasteiger partial charge in [0.25, 0.3) is 0 Å². The van der Waals surface area contributed by atoms with Gasteiger partial charge in [-0.1, -0.05) is 12.8 Å². The fraction of sp³-hybridized carbons (Fsp3) is 0.818. The minimum Gasteiger partial charge on any atom is -0.396 e. The van der Waals surface area contributed by atoms with Crippen LogP contribution in [0.5, 0.6) is 0 Å². The zero-order valence-corrected chi connectivity index (χ0v) is 11.5. The van der Waals surface area contributed by atoms with Gasteiger partial charge in [0, 0.05) is 18.7 Å². The van der Waals surface area contributed by atoms with Crippen molar-refractivity contribution >= 4 is 20.5 Å². The third-order valence-electron chi connectivity index (χ3n) is 3.42. The number of aliphatic hydroxyl groups excluding tert-OH is 1. The maximum absolute atomic E-state index is 11.6. The molecule has 2 atom stereocenters. The molecule has 1 saturated heterocycles. The molecule has 0 spiro atoms. The molecule has 2 rings (SSSR count). The Morgan fingerprint density at radius 1 is 1.26 bits per heavy atom. The molecule has 4 N–H and O–H groups in total. The lowest BCUT2D eigenvalue weighted by atomic mass is 9.92. The lowest BCUT2D eigenvalue weighted by molar-refractivity contribution is -0.157. The molecule has 1 aliphatic carbocycles. The highest BCUT2D eigenvalue weighted by molar-refractivity contribution is 7.46. The van der Waals surface area contributed by atoms with Crippen LogP contribution in [0.4, 0.5) is 0 Å². The number of rotatable bonds is 4. The highest BCUT2D eigenvalue weighted by Crippen LogP contribution is 2.42. The molecule has 8 heteroatoms. The van der Waals surface area contributed by atoms with E-state index < -0.39 is 26.4 Å². The molecule has 0 aromatic carbocycles. The Labute approximate surface area is 112 Å². The van der Waals surface area contributed by atoms with E-state index >= 15 is 0 Å². The smallest absolute Gasteiger partial charge is 0.386 e. The van der Waals surface area contributed by atoms with E-state index in [0.29, 0.717) is 0 Å². The minimum atomic E-state index is -1.75. The van der Waals surface area contributed by atoms with E-state index in [2.05, 4.69) is 5.09 Å². The van der Waals surface area contributed by atoms with Crippen LogP contribution in [-0.4, -0.2) is 35.7 Å². The number of hydrogen-bond acceptors (Lipinski definition) is 7. The van der Waals surface area contributed by atoms with Crippen LogP contribution in [0.2, 0.25) is 0 Å². The topological polar surface area (TPSA) is 111 Å². The van der Waals surface area contributed by atoms with E-state index in [1.54, 1.807) is 0 Å². The first-order valence-corrected chi connectivity index (χ1v) is 7.66. The van der Waals surface area contributed by atoms with Crippen molar-refractivity contribution in [1.82, 2.24) is 5.09 Å². The zero-order valence-electron chi connectivity index (χ0n) is 10.6. The Balaban J connectivity index is 1.89. The second-order valence-corrected chi connectivity index (χ2v) is 5.96. The van der Waals surface area contributed by atoms with Crippen molar-refractivity contribution in [2.45, 2.75) is 44.2 Å². The summed E-state index contributed by atoms with van der Waals surface area (Å²) in [5.41, 5.74) is 5.97. The zero-order chi connectivity index (χ0) is 13.8. The first-order chi connectivity index (χ1) is 9.11. The van der Waals surface area contributed by atoms with Gasteiger partial charge in [0.15, 0.2) is 5.92 Å². The van der Waals surface area contributed by atoms with Crippen molar-refractivity contribution in [3.8, 4) is 0 Å². The van der Waals surface area contributed by atoms with Crippen LogP contribution in [0.25, 0.3) is 0 Å². The normalized spacial score (nSPS) is 35.7. The van der Waals surface area contributed by atoms with Crippen molar-refractivity contribution in [2.75, 3.05) is 6.61 Å². The van der Waals surface area contributed by atoms with Crippen LogP contribution in [-0.2, 0) is 18.6 Å². The Bertz CT molecular complexity index is 336. The van der Waals surface area contributed by atoms with Gasteiger partial charge in [-0.25, -0.2) is 5.09 Å². The van der Waals surface area contributed by atoms with Crippen LogP contribution < -0.4 is 10.8 Å². The van der Waals surface area contributed by atoms with Crippen molar-refractivity contribution in [1.29, 1.82) is 0 Å². The lowest BCUT2D eigenvalue weighted by Gasteiger charge is -2.33. The third-order valence-corrected chi connectivity index (χ3v) is 4.66. The summed E-state index contributed by atoms with van der Waals surface area (Å²) in [5, 5.41) is 11.8. The molecule has 108 valence electrons. The highest BCUT2D eigenvalue weighted by Gasteiger charge is 2.41. The highest BCUT2D eigenvalue weighted by atomic mass is 31.2. The van der Waals surface area contributed by atoms with E-state index in [0.717, 1.165) is 25.7 Å². The Morgan fingerprint density at radius 3 is 2.47 bits per heavy atom. The number of nitrogens with one attached hydrogen (secondary N) is 1. The summed E-state index contributed by atoms with van der Waals surface area (Å²) in [6.07, 6.45) is 3.98. The number of aliphatic hydroxyl groups is 1. The molecule has 0 bridgehead atoms. The maximum Gasteiger partial charge on any atom is 0.386 e. The van der Waals surface area contributed by atoms with E-state index in [9.17, 15) is 9.59 Å². The molecule has 0 radical (unpaired) electrons. The Morgan fingerprint density at radius 2 is 1.89 bits per heavy atom. The van der Waals surface area contributed by atoms with Gasteiger partial charge in [-0.2, -0.15) is 0 Å². The minimum absolute atomic E-state index is 0.00912. The van der Waals surface area contributed by atoms with Gasteiger partial charge in [-0.3, -0.25) is 9.59 Å². The SMILES string of the molecule is NC1CCCCC1NP1OC(=O)C(CCO)C(=O)O1. The number of carbonyl (C=O) groups excluding carboxylic acids is 2. The van der Waals surface area contributed by atoms with Gasteiger partial charge in [0.2, 0.25) is 0 Å². The fourth-order valence-electron chi connectivity index (χ4n) is 2.28. The molecule has 1 heterocycles. The van der Waals surface area contributed by atoms with Crippen LogP contribution in [0, 0.1) is 5.92 Å². The molecular formula is C11H19N2O5P. The van der Waals surface area contributed by atoms with Gasteiger partial charge in [-0.15, -0.1) is 0 Å². The van der Waals surface area contributed by atoms with E-state index in [4.69, 9.17) is 19.9 Å². The number of carbonyl (C=O) groups is 2. The summed E-state index contributed by atoms with van der Waals surface area (Å²) in [4.78, 5) is 23.3. The standard InChI is InChI=1S/C11H19N2O5P/c12-8-3-1-2-4-9(8)13-19-17-10(15)7(5-6-14)11(16)18-19/h7-9,13-14H,1-6,12H2. The van der Waals surface area contributed by atoms with E-state index in [1.165, 1.54) is 0 Å². The van der Waals surface area contributed by atoms with Crippen LogP contribution in [0.1, 0.15) is 32.1 Å². The fourth-order valence-corrected chi connectivity index (χ4v) is 3.59. The van der Waals surface area contributed by atoms with Crippen molar-refractivity contribution in [2.24, 2.45) is 11.7 Å². The van der Waals surface area contributed by atoms with Crippen LogP contribution in [0.15, 0.2) is 0 Å². The summed E-state index contributed by atoms with van der Waals surface area (Å²) in [6.45, 7) is -0.256. The molecule has 0 aromatic rings. The molecule has 2 aliphatic rings. The summed E-state index contributed by atoms with van der Waals surface area (Å²) >= 11 is 0. The lowest BCUT2D eigenvalue weighted by Crippen LogP contribution is -2.46. The predicted octanol–water partition coefficient (Wildman–Crippen LogP) is 0.171. The van der Waals surface area contributed by atoms with Crippen molar-refractivity contribution in [3.05, 3.63) is 0 Å². The van der Waals surface area contributed by atoms with E-state index in [1.807, 2.05) is 0 Å². The predicted molar refractivity (Wildman–Crippen MR) is 67.7 cm³/mol. The molecule has 1 saturated carbocycles. The summed E-state index contributed by atoms with van der Waals surface area (Å²) in [7, 11) is -1.75. The molecular weight excluding hydrogens is 271 g/mol. The first kappa shape index (κ1) is 14.7. The Kier molecular flexibility index (Phi) is 5.10. The van der Waals surface area contributed by atoms with Crippen LogP contribution >= 0.6 is 8.53 Å². The van der Waals surface area contributed by atoms with E-state index in [-0.39, 0.29) is 25.1 Å².